The molecular weight excluding hydrogens is 444 g/mol. The molecular formula is C25H28O9. The van der Waals surface area contributed by atoms with Crippen LogP contribution in [0.15, 0.2) is 30.3 Å². The standard InChI is InChI=1S/C25H28O9/c1-14(2)33-23(27)25(9-4-10-25)13-32-20-17(7-8-19(21(20)30-3)34-24(28)29)15-5-6-18-16(11-15)12-31-22(18)26/h5-8,11,14,24,28-29H,4,9-10,12-13H2,1-3H3. The van der Waals surface area contributed by atoms with Gasteiger partial charge in [-0.25, -0.2) is 4.79 Å². The van der Waals surface area contributed by atoms with E-state index in [2.05, 4.69) is 0 Å². The molecule has 1 saturated carbocycles. The molecule has 0 radical (unpaired) electrons. The van der Waals surface area contributed by atoms with Crippen LogP contribution in [-0.4, -0.2) is 48.4 Å². The van der Waals surface area contributed by atoms with Crippen LogP contribution in [0.2, 0.25) is 0 Å². The first-order valence-electron chi connectivity index (χ1n) is 11.1. The van der Waals surface area contributed by atoms with Gasteiger partial charge in [0.2, 0.25) is 5.75 Å². The minimum absolute atomic E-state index is 0.0551. The maximum Gasteiger partial charge on any atom is 0.338 e. The number of aliphatic hydroxyl groups excluding tert-OH is 1. The Morgan fingerprint density at radius 3 is 2.47 bits per heavy atom. The van der Waals surface area contributed by atoms with Crippen molar-refractivity contribution in [3.8, 4) is 28.4 Å². The molecule has 2 N–H and O–H groups in total. The van der Waals surface area contributed by atoms with E-state index >= 15 is 0 Å². The van der Waals surface area contributed by atoms with E-state index in [4.69, 9.17) is 23.7 Å². The van der Waals surface area contributed by atoms with Crippen molar-refractivity contribution in [1.82, 2.24) is 0 Å². The molecule has 1 fully saturated rings. The summed E-state index contributed by atoms with van der Waals surface area (Å²) in [5, 5.41) is 18.7. The van der Waals surface area contributed by atoms with Crippen molar-refractivity contribution >= 4 is 11.9 Å². The molecule has 0 unspecified atom stereocenters. The van der Waals surface area contributed by atoms with Crippen LogP contribution in [0.1, 0.15) is 49.0 Å². The third-order valence-corrected chi connectivity index (χ3v) is 6.09. The van der Waals surface area contributed by atoms with Crippen LogP contribution in [-0.2, 0) is 20.9 Å². The number of cyclic esters (lactones) is 1. The lowest BCUT2D eigenvalue weighted by Gasteiger charge is -2.39. The lowest BCUT2D eigenvalue weighted by Crippen LogP contribution is -2.45. The average molecular weight is 472 g/mol. The molecule has 1 aliphatic heterocycles. The molecule has 0 amide bonds. The summed E-state index contributed by atoms with van der Waals surface area (Å²) in [4.78, 5) is 24.6. The van der Waals surface area contributed by atoms with E-state index in [1.165, 1.54) is 13.2 Å². The van der Waals surface area contributed by atoms with Crippen LogP contribution in [0.5, 0.6) is 17.2 Å². The zero-order valence-corrected chi connectivity index (χ0v) is 19.3. The van der Waals surface area contributed by atoms with E-state index in [1.807, 2.05) is 6.07 Å². The minimum atomic E-state index is -2.06. The normalized spacial score (nSPS) is 16.0. The zero-order valence-electron chi connectivity index (χ0n) is 19.3. The maximum atomic E-state index is 12.8. The molecule has 0 saturated heterocycles. The quantitative estimate of drug-likeness (QED) is 0.419. The molecule has 4 rings (SSSR count). The van der Waals surface area contributed by atoms with Gasteiger partial charge in [0.15, 0.2) is 11.5 Å². The van der Waals surface area contributed by atoms with Crippen LogP contribution in [0.3, 0.4) is 0 Å². The van der Waals surface area contributed by atoms with Gasteiger partial charge in [-0.15, -0.1) is 0 Å². The smallest absolute Gasteiger partial charge is 0.338 e. The highest BCUT2D eigenvalue weighted by Crippen LogP contribution is 2.48. The number of hydrogen-bond acceptors (Lipinski definition) is 9. The minimum Gasteiger partial charge on any atom is -0.490 e. The number of ether oxygens (including phenoxy) is 5. The van der Waals surface area contributed by atoms with E-state index in [9.17, 15) is 19.8 Å². The number of benzene rings is 2. The number of fused-ring (bicyclic) bond motifs is 1. The maximum absolute atomic E-state index is 12.8. The Morgan fingerprint density at radius 1 is 1.12 bits per heavy atom. The van der Waals surface area contributed by atoms with Crippen molar-refractivity contribution in [1.29, 1.82) is 0 Å². The SMILES string of the molecule is COc1c(OC(O)O)ccc(-c2ccc3c(c2)COC3=O)c1OCC1(C(=O)OC(C)C)CCC1. The second-order valence-electron chi connectivity index (χ2n) is 8.74. The number of hydrogen-bond donors (Lipinski definition) is 2. The summed E-state index contributed by atoms with van der Waals surface area (Å²) in [6.07, 6.45) is 1.92. The monoisotopic (exact) mass is 472 g/mol. The molecule has 9 heteroatoms. The first-order valence-corrected chi connectivity index (χ1v) is 11.1. The van der Waals surface area contributed by atoms with E-state index in [0.717, 1.165) is 17.5 Å². The van der Waals surface area contributed by atoms with E-state index in [1.54, 1.807) is 32.0 Å². The number of esters is 2. The van der Waals surface area contributed by atoms with Crippen LogP contribution >= 0.6 is 0 Å². The predicted octanol–water partition coefficient (Wildman–Crippen LogP) is 3.18. The zero-order chi connectivity index (χ0) is 24.5. The Labute approximate surface area is 197 Å². The number of carbonyl (C=O) groups is 2. The molecule has 2 aliphatic rings. The average Bonchev–Trinajstić information content (AvgIpc) is 3.12. The lowest BCUT2D eigenvalue weighted by molar-refractivity contribution is -0.180. The Morgan fingerprint density at radius 2 is 1.85 bits per heavy atom. The molecule has 1 aliphatic carbocycles. The molecule has 0 bridgehead atoms. The summed E-state index contributed by atoms with van der Waals surface area (Å²) in [5.41, 5.74) is 1.83. The second-order valence-corrected chi connectivity index (χ2v) is 8.74. The highest BCUT2D eigenvalue weighted by atomic mass is 16.7. The summed E-state index contributed by atoms with van der Waals surface area (Å²) in [6, 6.07) is 8.50. The fourth-order valence-corrected chi connectivity index (χ4v) is 4.18. The van der Waals surface area contributed by atoms with E-state index < -0.39 is 11.9 Å². The molecule has 9 nitrogen and oxygen atoms in total. The van der Waals surface area contributed by atoms with Gasteiger partial charge in [-0.1, -0.05) is 12.5 Å². The van der Waals surface area contributed by atoms with Gasteiger partial charge in [0, 0.05) is 11.1 Å². The predicted molar refractivity (Wildman–Crippen MR) is 119 cm³/mol. The van der Waals surface area contributed by atoms with Gasteiger partial charge in [-0.05, 0) is 56.5 Å². The molecule has 1 heterocycles. The summed E-state index contributed by atoms with van der Waals surface area (Å²) < 4.78 is 27.4. The van der Waals surface area contributed by atoms with Gasteiger partial charge < -0.3 is 33.9 Å². The fraction of sp³-hybridized carbons (Fsp3) is 0.440. The molecule has 2 aromatic carbocycles. The van der Waals surface area contributed by atoms with Gasteiger partial charge in [-0.2, -0.15) is 0 Å². The molecule has 0 aromatic heterocycles. The first kappa shape index (κ1) is 23.8. The topological polar surface area (TPSA) is 121 Å². The molecule has 0 atom stereocenters. The van der Waals surface area contributed by atoms with Gasteiger partial charge >= 0.3 is 18.4 Å². The highest BCUT2D eigenvalue weighted by molar-refractivity contribution is 5.94. The van der Waals surface area contributed by atoms with Crippen molar-refractivity contribution in [2.45, 2.75) is 52.3 Å². The second kappa shape index (κ2) is 9.52. The number of methoxy groups -OCH3 is 1. The van der Waals surface area contributed by atoms with Crippen molar-refractivity contribution in [2.75, 3.05) is 13.7 Å². The Bertz CT molecular complexity index is 1090. The molecule has 34 heavy (non-hydrogen) atoms. The Balaban J connectivity index is 1.73. The number of aliphatic hydroxyl groups is 2. The summed E-state index contributed by atoms with van der Waals surface area (Å²) in [6.45, 7) is 1.78. The van der Waals surface area contributed by atoms with Crippen LogP contribution < -0.4 is 14.2 Å². The van der Waals surface area contributed by atoms with Crippen LogP contribution in [0, 0.1) is 5.41 Å². The third kappa shape index (κ3) is 4.53. The van der Waals surface area contributed by atoms with Gasteiger partial charge in [0.05, 0.1) is 18.8 Å². The lowest BCUT2D eigenvalue weighted by atomic mass is 9.69. The van der Waals surface area contributed by atoms with E-state index in [0.29, 0.717) is 24.0 Å². The molecule has 182 valence electrons. The molecule has 0 spiro atoms. The van der Waals surface area contributed by atoms with Crippen LogP contribution in [0.4, 0.5) is 0 Å². The summed E-state index contributed by atoms with van der Waals surface area (Å²) in [5.74, 6) is -0.199. The number of rotatable bonds is 9. The van der Waals surface area contributed by atoms with Crippen LogP contribution in [0.25, 0.3) is 11.1 Å². The molecule has 2 aromatic rings. The largest absolute Gasteiger partial charge is 0.490 e. The van der Waals surface area contributed by atoms with Crippen molar-refractivity contribution < 1.29 is 43.5 Å². The number of carbonyl (C=O) groups excluding carboxylic acids is 2. The van der Waals surface area contributed by atoms with Crippen molar-refractivity contribution in [2.24, 2.45) is 5.41 Å². The summed E-state index contributed by atoms with van der Waals surface area (Å²) in [7, 11) is 1.41. The van der Waals surface area contributed by atoms with Crippen molar-refractivity contribution in [3.63, 3.8) is 0 Å². The van der Waals surface area contributed by atoms with Crippen molar-refractivity contribution in [3.05, 3.63) is 41.5 Å². The van der Waals surface area contributed by atoms with Gasteiger partial charge in [0.1, 0.15) is 18.6 Å². The highest BCUT2D eigenvalue weighted by Gasteiger charge is 2.47. The third-order valence-electron chi connectivity index (χ3n) is 6.09. The fourth-order valence-electron chi connectivity index (χ4n) is 4.18. The Kier molecular flexibility index (Phi) is 6.67. The summed E-state index contributed by atoms with van der Waals surface area (Å²) >= 11 is 0. The van der Waals surface area contributed by atoms with Gasteiger partial charge in [-0.3, -0.25) is 4.79 Å². The Hall–Kier alpha value is -3.30. The first-order chi connectivity index (χ1) is 16.2. The van der Waals surface area contributed by atoms with E-state index in [-0.39, 0.29) is 48.5 Å². The van der Waals surface area contributed by atoms with Gasteiger partial charge in [0.25, 0.3) is 0 Å².